The van der Waals surface area contributed by atoms with E-state index in [-0.39, 0.29) is 24.4 Å². The van der Waals surface area contributed by atoms with Crippen molar-refractivity contribution in [3.05, 3.63) is 94.9 Å². The van der Waals surface area contributed by atoms with Crippen molar-refractivity contribution in [1.29, 1.82) is 0 Å². The van der Waals surface area contributed by atoms with Crippen LogP contribution in [0.2, 0.25) is 18.6 Å². The Bertz CT molecular complexity index is 1470. The van der Waals surface area contributed by atoms with Crippen LogP contribution in [0.3, 0.4) is 0 Å². The molecular formula is C32H38N2O4Si. The molecule has 5 rings (SSSR count). The van der Waals surface area contributed by atoms with Crippen molar-refractivity contribution in [3.8, 4) is 11.4 Å². The first kappa shape index (κ1) is 27.3. The summed E-state index contributed by atoms with van der Waals surface area (Å²) in [5, 5.41) is 17.1. The fourth-order valence-electron chi connectivity index (χ4n) is 6.43. The second-order valence-electron chi connectivity index (χ2n) is 11.2. The van der Waals surface area contributed by atoms with Gasteiger partial charge in [-0.05, 0) is 66.6 Å². The SMILES string of the molecule is COc1ccc([Si](C)(C)[C@H]2[C@H](C)[C@H](CCc3ccc(-n4ncc5ccccc5c4=O)cc3)O[C@@H]2CCO)cc1. The largest absolute Gasteiger partial charge is 0.497 e. The monoisotopic (exact) mass is 542 g/mol. The number of ether oxygens (including phenoxy) is 2. The van der Waals surface area contributed by atoms with Gasteiger partial charge >= 0.3 is 0 Å². The minimum absolute atomic E-state index is 0.0620. The maximum Gasteiger partial charge on any atom is 0.279 e. The molecule has 0 radical (unpaired) electrons. The third kappa shape index (κ3) is 5.44. The van der Waals surface area contributed by atoms with Gasteiger partial charge in [0.25, 0.3) is 5.56 Å². The quantitative estimate of drug-likeness (QED) is 0.298. The first-order chi connectivity index (χ1) is 18.8. The summed E-state index contributed by atoms with van der Waals surface area (Å²) in [6.07, 6.45) is 4.41. The number of aliphatic hydroxyl groups excluding tert-OH is 1. The van der Waals surface area contributed by atoms with Crippen LogP contribution >= 0.6 is 0 Å². The number of benzene rings is 3. The zero-order valence-electron chi connectivity index (χ0n) is 23.2. The molecule has 0 amide bonds. The summed E-state index contributed by atoms with van der Waals surface area (Å²) in [5.74, 6) is 1.27. The Kier molecular flexibility index (Phi) is 8.02. The predicted molar refractivity (Wildman–Crippen MR) is 159 cm³/mol. The first-order valence-corrected chi connectivity index (χ1v) is 16.9. The molecule has 7 heteroatoms. The molecule has 1 fully saturated rings. The summed E-state index contributed by atoms with van der Waals surface area (Å²) in [6.45, 7) is 7.31. The molecule has 6 nitrogen and oxygen atoms in total. The van der Waals surface area contributed by atoms with Crippen LogP contribution in [-0.4, -0.2) is 48.9 Å². The summed E-state index contributed by atoms with van der Waals surface area (Å²) in [4.78, 5) is 12.9. The third-order valence-electron chi connectivity index (χ3n) is 8.58. The van der Waals surface area contributed by atoms with Gasteiger partial charge in [-0.1, -0.05) is 67.7 Å². The first-order valence-electron chi connectivity index (χ1n) is 13.8. The smallest absolute Gasteiger partial charge is 0.279 e. The minimum Gasteiger partial charge on any atom is -0.497 e. The highest BCUT2D eigenvalue weighted by atomic mass is 28.3. The number of hydrogen-bond acceptors (Lipinski definition) is 5. The van der Waals surface area contributed by atoms with E-state index in [1.165, 1.54) is 15.4 Å². The predicted octanol–water partition coefficient (Wildman–Crippen LogP) is 5.10. The van der Waals surface area contributed by atoms with Crippen LogP contribution in [0.5, 0.6) is 5.75 Å². The molecule has 0 saturated carbocycles. The number of aryl methyl sites for hydroxylation is 1. The summed E-state index contributed by atoms with van der Waals surface area (Å²) < 4.78 is 13.5. The van der Waals surface area contributed by atoms with Crippen molar-refractivity contribution in [2.24, 2.45) is 5.92 Å². The van der Waals surface area contributed by atoms with Gasteiger partial charge in [-0.25, -0.2) is 0 Å². The van der Waals surface area contributed by atoms with Crippen LogP contribution in [-0.2, 0) is 11.2 Å². The number of nitrogens with zero attached hydrogens (tertiary/aromatic N) is 2. The van der Waals surface area contributed by atoms with Gasteiger partial charge in [0.05, 0.1) is 44.7 Å². The molecular weight excluding hydrogens is 504 g/mol. The second-order valence-corrected chi connectivity index (χ2v) is 15.9. The average molecular weight is 543 g/mol. The number of methoxy groups -OCH3 is 1. The molecule has 1 N–H and O–H groups in total. The van der Waals surface area contributed by atoms with Crippen LogP contribution in [0.4, 0.5) is 0 Å². The van der Waals surface area contributed by atoms with Crippen LogP contribution < -0.4 is 15.5 Å². The molecule has 4 atom stereocenters. The lowest BCUT2D eigenvalue weighted by Crippen LogP contribution is -2.50. The minimum atomic E-state index is -1.90. The maximum atomic E-state index is 12.9. The van der Waals surface area contributed by atoms with Crippen molar-refractivity contribution < 1.29 is 14.6 Å². The highest BCUT2D eigenvalue weighted by molar-refractivity contribution is 6.91. The Morgan fingerprint density at radius 3 is 2.38 bits per heavy atom. The van der Waals surface area contributed by atoms with E-state index in [1.807, 2.05) is 48.5 Å². The van der Waals surface area contributed by atoms with Crippen molar-refractivity contribution in [1.82, 2.24) is 9.78 Å². The van der Waals surface area contributed by atoms with Gasteiger partial charge in [0.1, 0.15) is 5.75 Å². The Balaban J connectivity index is 1.29. The van der Waals surface area contributed by atoms with Gasteiger partial charge in [-0.15, -0.1) is 0 Å². The Hall–Kier alpha value is -3.26. The van der Waals surface area contributed by atoms with Crippen molar-refractivity contribution >= 4 is 24.0 Å². The van der Waals surface area contributed by atoms with Gasteiger partial charge in [0.15, 0.2) is 0 Å². The van der Waals surface area contributed by atoms with Crippen LogP contribution in [0, 0.1) is 5.92 Å². The highest BCUT2D eigenvalue weighted by Crippen LogP contribution is 2.46. The van der Waals surface area contributed by atoms with Crippen molar-refractivity contribution in [2.45, 2.75) is 57.0 Å². The number of aromatic nitrogens is 2. The maximum absolute atomic E-state index is 12.9. The lowest BCUT2D eigenvalue weighted by molar-refractivity contribution is 0.0196. The molecule has 3 aromatic carbocycles. The van der Waals surface area contributed by atoms with E-state index >= 15 is 0 Å². The van der Waals surface area contributed by atoms with Crippen LogP contribution in [0.15, 0.2) is 83.8 Å². The number of rotatable bonds is 9. The summed E-state index contributed by atoms with van der Waals surface area (Å²) in [5.41, 5.74) is 2.27. The molecule has 1 aromatic heterocycles. The van der Waals surface area contributed by atoms with Crippen molar-refractivity contribution in [3.63, 3.8) is 0 Å². The summed E-state index contributed by atoms with van der Waals surface area (Å²) in [7, 11) is -0.202. The standard InChI is InChI=1S/C32H38N2O4Si/c1-22-29(38-30(19-20-35)31(22)39(3,4)27-16-14-26(37-2)15-17-27)18-11-23-9-12-25(13-10-23)34-32(36)28-8-6-5-7-24(28)21-33-34/h5-10,12-17,21-22,29-31,35H,11,18-20H2,1-4H3/t22-,29+,30-,31+/m1/s1. The molecule has 1 aliphatic heterocycles. The number of fused-ring (bicyclic) bond motifs is 1. The van der Waals surface area contributed by atoms with Gasteiger partial charge in [0, 0.05) is 12.0 Å². The Morgan fingerprint density at radius 1 is 0.974 bits per heavy atom. The molecule has 204 valence electrons. The summed E-state index contributed by atoms with van der Waals surface area (Å²) >= 11 is 0. The van der Waals surface area contributed by atoms with Crippen LogP contribution in [0.1, 0.15) is 25.3 Å². The molecule has 4 aromatic rings. The Labute approximate surface area is 231 Å². The van der Waals surface area contributed by atoms with E-state index in [9.17, 15) is 9.90 Å². The molecule has 39 heavy (non-hydrogen) atoms. The number of aliphatic hydroxyl groups is 1. The molecule has 0 bridgehead atoms. The molecule has 2 heterocycles. The normalized spacial score (nSPS) is 21.4. The van der Waals surface area contributed by atoms with E-state index in [4.69, 9.17) is 9.47 Å². The highest BCUT2D eigenvalue weighted by Gasteiger charge is 2.50. The fourth-order valence-corrected chi connectivity index (χ4v) is 10.5. The van der Waals surface area contributed by atoms with E-state index < -0.39 is 8.07 Å². The molecule has 0 aliphatic carbocycles. The van der Waals surface area contributed by atoms with Gasteiger partial charge < -0.3 is 14.6 Å². The van der Waals surface area contributed by atoms with Gasteiger partial charge in [0.2, 0.25) is 0 Å². The average Bonchev–Trinajstić information content (AvgIpc) is 3.28. The van der Waals surface area contributed by atoms with E-state index in [0.717, 1.165) is 29.7 Å². The van der Waals surface area contributed by atoms with Gasteiger partial charge in [-0.3, -0.25) is 4.79 Å². The molecule has 0 spiro atoms. The third-order valence-corrected chi connectivity index (χ3v) is 13.0. The molecule has 0 unspecified atom stereocenters. The molecule has 1 saturated heterocycles. The topological polar surface area (TPSA) is 73.6 Å². The zero-order chi connectivity index (χ0) is 27.6. The fraction of sp³-hybridized carbons (Fsp3) is 0.375. The van der Waals surface area contributed by atoms with Gasteiger partial charge in [-0.2, -0.15) is 9.78 Å². The van der Waals surface area contributed by atoms with Crippen molar-refractivity contribution in [2.75, 3.05) is 13.7 Å². The lowest BCUT2D eigenvalue weighted by atomic mass is 9.95. The van der Waals surface area contributed by atoms with E-state index in [0.29, 0.717) is 23.3 Å². The van der Waals surface area contributed by atoms with Crippen LogP contribution in [0.25, 0.3) is 16.5 Å². The second kappa shape index (κ2) is 11.5. The Morgan fingerprint density at radius 2 is 1.69 bits per heavy atom. The summed E-state index contributed by atoms with van der Waals surface area (Å²) in [6, 6.07) is 24.1. The van der Waals surface area contributed by atoms with E-state index in [2.05, 4.69) is 49.4 Å². The van der Waals surface area contributed by atoms with E-state index in [1.54, 1.807) is 13.3 Å². The molecule has 1 aliphatic rings. The number of hydrogen-bond donors (Lipinski definition) is 1. The lowest BCUT2D eigenvalue weighted by Gasteiger charge is -2.36. The zero-order valence-corrected chi connectivity index (χ0v) is 24.2.